The maximum Gasteiger partial charge on any atom is 0.173 e. The van der Waals surface area contributed by atoms with Gasteiger partial charge in [0.25, 0.3) is 0 Å². The van der Waals surface area contributed by atoms with E-state index < -0.39 is 0 Å². The molecule has 2 nitrogen and oxygen atoms in total. The number of ether oxygens (including phenoxy) is 1. The van der Waals surface area contributed by atoms with Crippen molar-refractivity contribution in [2.24, 2.45) is 0 Å². The maximum absolute atomic E-state index is 11.1. The molecule has 0 N–H and O–H groups in total. The molecule has 0 saturated carbocycles. The first-order valence-electron chi connectivity index (χ1n) is 3.41. The SMILES string of the molecule is COc1c(C(C)=O)sc(C)c1Br. The molecular formula is C8H9BrO2S. The number of carbonyl (C=O) groups is 1. The summed E-state index contributed by atoms with van der Waals surface area (Å²) in [6.07, 6.45) is 0. The third-order valence-corrected chi connectivity index (χ3v) is 3.90. The lowest BCUT2D eigenvalue weighted by Gasteiger charge is -1.98. The fraction of sp³-hybridized carbons (Fsp3) is 0.375. The zero-order chi connectivity index (χ0) is 9.30. The lowest BCUT2D eigenvalue weighted by molar-refractivity contribution is 0.101. The van der Waals surface area contributed by atoms with Crippen LogP contribution in [-0.4, -0.2) is 12.9 Å². The molecule has 0 aliphatic carbocycles. The van der Waals surface area contributed by atoms with Crippen molar-refractivity contribution in [1.29, 1.82) is 0 Å². The smallest absolute Gasteiger partial charge is 0.173 e. The Bertz CT molecular complexity index is 317. The van der Waals surface area contributed by atoms with Crippen molar-refractivity contribution in [3.8, 4) is 5.75 Å². The highest BCUT2D eigenvalue weighted by Crippen LogP contribution is 2.39. The molecule has 0 aliphatic rings. The van der Waals surface area contributed by atoms with Gasteiger partial charge in [0.2, 0.25) is 0 Å². The van der Waals surface area contributed by atoms with Crippen LogP contribution in [0.4, 0.5) is 0 Å². The number of rotatable bonds is 2. The molecule has 0 aliphatic heterocycles. The monoisotopic (exact) mass is 248 g/mol. The highest BCUT2D eigenvalue weighted by atomic mass is 79.9. The fourth-order valence-electron chi connectivity index (χ4n) is 0.918. The third-order valence-electron chi connectivity index (χ3n) is 1.49. The molecule has 0 saturated heterocycles. The van der Waals surface area contributed by atoms with Gasteiger partial charge in [0.15, 0.2) is 11.5 Å². The highest BCUT2D eigenvalue weighted by Gasteiger charge is 2.17. The minimum absolute atomic E-state index is 0.0469. The lowest BCUT2D eigenvalue weighted by atomic mass is 10.3. The van der Waals surface area contributed by atoms with Crippen LogP contribution in [0.3, 0.4) is 0 Å². The van der Waals surface area contributed by atoms with Crippen LogP contribution in [0.15, 0.2) is 4.47 Å². The largest absolute Gasteiger partial charge is 0.494 e. The third kappa shape index (κ3) is 1.54. The number of ketones is 1. The van der Waals surface area contributed by atoms with Gasteiger partial charge in [0, 0.05) is 11.8 Å². The van der Waals surface area contributed by atoms with Gasteiger partial charge >= 0.3 is 0 Å². The van der Waals surface area contributed by atoms with Crippen LogP contribution < -0.4 is 4.74 Å². The van der Waals surface area contributed by atoms with Gasteiger partial charge in [-0.15, -0.1) is 11.3 Å². The van der Waals surface area contributed by atoms with E-state index in [9.17, 15) is 4.79 Å². The molecule has 66 valence electrons. The van der Waals surface area contributed by atoms with Gasteiger partial charge in [-0.3, -0.25) is 4.79 Å². The molecule has 1 heterocycles. The van der Waals surface area contributed by atoms with E-state index in [4.69, 9.17) is 4.74 Å². The van der Waals surface area contributed by atoms with Crippen molar-refractivity contribution < 1.29 is 9.53 Å². The minimum Gasteiger partial charge on any atom is -0.494 e. The number of hydrogen-bond donors (Lipinski definition) is 0. The summed E-state index contributed by atoms with van der Waals surface area (Å²) in [5.41, 5.74) is 0. The molecule has 0 fully saturated rings. The normalized spacial score (nSPS) is 10.0. The van der Waals surface area contributed by atoms with Crippen molar-refractivity contribution in [2.45, 2.75) is 13.8 Å². The zero-order valence-electron chi connectivity index (χ0n) is 7.10. The van der Waals surface area contributed by atoms with Gasteiger partial charge in [0.1, 0.15) is 4.88 Å². The predicted molar refractivity (Wildman–Crippen MR) is 53.3 cm³/mol. The Morgan fingerprint density at radius 3 is 2.50 bits per heavy atom. The van der Waals surface area contributed by atoms with Crippen LogP contribution in [0.5, 0.6) is 5.75 Å². The molecule has 0 unspecified atom stereocenters. The Morgan fingerprint density at radius 2 is 2.17 bits per heavy atom. The quantitative estimate of drug-likeness (QED) is 0.753. The molecule has 0 atom stereocenters. The zero-order valence-corrected chi connectivity index (χ0v) is 9.51. The number of Topliss-reactive ketones (excluding diaryl/α,β-unsaturated/α-hetero) is 1. The Labute approximate surface area is 83.7 Å². The lowest BCUT2D eigenvalue weighted by Crippen LogP contribution is -1.91. The summed E-state index contributed by atoms with van der Waals surface area (Å²) in [5, 5.41) is 0. The second-order valence-corrected chi connectivity index (χ2v) is 4.41. The van der Waals surface area contributed by atoms with Gasteiger partial charge in [-0.25, -0.2) is 0 Å². The Kier molecular flexibility index (Phi) is 2.90. The van der Waals surface area contributed by atoms with E-state index in [1.807, 2.05) is 6.92 Å². The first-order valence-corrected chi connectivity index (χ1v) is 5.02. The van der Waals surface area contributed by atoms with E-state index in [0.29, 0.717) is 10.6 Å². The van der Waals surface area contributed by atoms with Gasteiger partial charge in [-0.1, -0.05) is 0 Å². The molecule has 1 aromatic rings. The van der Waals surface area contributed by atoms with Crippen LogP contribution in [-0.2, 0) is 0 Å². The average Bonchev–Trinajstić information content (AvgIpc) is 2.29. The molecule has 12 heavy (non-hydrogen) atoms. The second kappa shape index (κ2) is 3.58. The maximum atomic E-state index is 11.1. The molecule has 0 radical (unpaired) electrons. The van der Waals surface area contributed by atoms with E-state index >= 15 is 0 Å². The van der Waals surface area contributed by atoms with Crippen molar-refractivity contribution in [1.82, 2.24) is 0 Å². The van der Waals surface area contributed by atoms with Crippen molar-refractivity contribution in [3.05, 3.63) is 14.2 Å². The van der Waals surface area contributed by atoms with E-state index in [-0.39, 0.29) is 5.78 Å². The molecule has 1 aromatic heterocycles. The van der Waals surface area contributed by atoms with Gasteiger partial charge in [-0.05, 0) is 22.9 Å². The summed E-state index contributed by atoms with van der Waals surface area (Å²) < 4.78 is 5.99. The Morgan fingerprint density at radius 1 is 1.58 bits per heavy atom. The molecule has 0 aromatic carbocycles. The Hall–Kier alpha value is -0.350. The summed E-state index contributed by atoms with van der Waals surface area (Å²) in [6.45, 7) is 3.49. The molecule has 4 heteroatoms. The van der Waals surface area contributed by atoms with E-state index in [2.05, 4.69) is 15.9 Å². The van der Waals surface area contributed by atoms with Crippen LogP contribution in [0.25, 0.3) is 0 Å². The van der Waals surface area contributed by atoms with E-state index in [1.54, 1.807) is 14.0 Å². The summed E-state index contributed by atoms with van der Waals surface area (Å²) in [5.74, 6) is 0.704. The van der Waals surface area contributed by atoms with E-state index in [0.717, 1.165) is 9.35 Å². The molecule has 0 amide bonds. The predicted octanol–water partition coefficient (Wildman–Crippen LogP) is 3.03. The van der Waals surface area contributed by atoms with Crippen LogP contribution >= 0.6 is 27.3 Å². The van der Waals surface area contributed by atoms with Gasteiger partial charge < -0.3 is 4.74 Å². The fourth-order valence-corrected chi connectivity index (χ4v) is 2.56. The summed E-state index contributed by atoms with van der Waals surface area (Å²) >= 11 is 4.81. The number of halogens is 1. The van der Waals surface area contributed by atoms with Gasteiger partial charge in [0.05, 0.1) is 11.6 Å². The molecule has 0 spiro atoms. The first kappa shape index (κ1) is 9.74. The highest BCUT2D eigenvalue weighted by molar-refractivity contribution is 9.10. The van der Waals surface area contributed by atoms with Gasteiger partial charge in [-0.2, -0.15) is 0 Å². The number of thiophene rings is 1. The molecule has 1 rings (SSSR count). The number of methoxy groups -OCH3 is 1. The summed E-state index contributed by atoms with van der Waals surface area (Å²) in [7, 11) is 1.57. The molecular weight excluding hydrogens is 240 g/mol. The number of aryl methyl sites for hydroxylation is 1. The summed E-state index contributed by atoms with van der Waals surface area (Å²) in [6, 6.07) is 0. The van der Waals surface area contributed by atoms with Crippen molar-refractivity contribution in [3.63, 3.8) is 0 Å². The average molecular weight is 249 g/mol. The minimum atomic E-state index is 0.0469. The topological polar surface area (TPSA) is 26.3 Å². The van der Waals surface area contributed by atoms with Crippen LogP contribution in [0, 0.1) is 6.92 Å². The summed E-state index contributed by atoms with van der Waals surface area (Å²) in [4.78, 5) is 12.8. The molecule has 0 bridgehead atoms. The Balaban J connectivity index is 3.29. The van der Waals surface area contributed by atoms with Crippen molar-refractivity contribution >= 4 is 33.0 Å². The van der Waals surface area contributed by atoms with E-state index in [1.165, 1.54) is 11.3 Å². The number of carbonyl (C=O) groups excluding carboxylic acids is 1. The van der Waals surface area contributed by atoms with Crippen LogP contribution in [0.2, 0.25) is 0 Å². The standard InChI is InChI=1S/C8H9BrO2S/c1-4(10)8-7(11-3)6(9)5(2)12-8/h1-3H3. The first-order chi connectivity index (χ1) is 5.57. The number of hydrogen-bond acceptors (Lipinski definition) is 3. The second-order valence-electron chi connectivity index (χ2n) is 2.39. The van der Waals surface area contributed by atoms with Crippen LogP contribution in [0.1, 0.15) is 21.5 Å². The van der Waals surface area contributed by atoms with Crippen molar-refractivity contribution in [2.75, 3.05) is 7.11 Å².